The Kier molecular flexibility index (Phi) is 7.51. The predicted molar refractivity (Wildman–Crippen MR) is 95.5 cm³/mol. The number of nitrogens with zero attached hydrogens (tertiary/aromatic N) is 2. The second-order valence-electron chi connectivity index (χ2n) is 6.11. The smallest absolute Gasteiger partial charge is 0.260 e. The van der Waals surface area contributed by atoms with E-state index in [2.05, 4.69) is 6.07 Å². The Morgan fingerprint density at radius 2 is 1.58 bits per heavy atom. The van der Waals surface area contributed by atoms with E-state index in [1.54, 1.807) is 16.7 Å². The van der Waals surface area contributed by atoms with Gasteiger partial charge in [0, 0.05) is 26.2 Å². The van der Waals surface area contributed by atoms with Gasteiger partial charge in [0.25, 0.3) is 5.91 Å². The molecule has 134 valence electrons. The topological polar surface area (TPSA) is 75.9 Å². The molecule has 1 aromatic rings. The molecule has 1 aliphatic rings. The van der Waals surface area contributed by atoms with Gasteiger partial charge in [-0.1, -0.05) is 6.07 Å². The van der Waals surface area contributed by atoms with E-state index in [0.29, 0.717) is 31.9 Å². The zero-order valence-electron chi connectivity index (χ0n) is 14.4. The first kappa shape index (κ1) is 20.3. The monoisotopic (exact) mass is 355 g/mol. The fourth-order valence-corrected chi connectivity index (χ4v) is 2.72. The number of amides is 2. The summed E-state index contributed by atoms with van der Waals surface area (Å²) in [5.74, 6) is 0.585. The number of benzene rings is 1. The van der Waals surface area contributed by atoms with E-state index in [1.165, 1.54) is 0 Å². The lowest BCUT2D eigenvalue weighted by atomic mass is 10.1. The number of aryl methyl sites for hydroxylation is 2. The van der Waals surface area contributed by atoms with Gasteiger partial charge in [0.2, 0.25) is 5.91 Å². The normalized spacial score (nSPS) is 15.5. The maximum absolute atomic E-state index is 12.2. The summed E-state index contributed by atoms with van der Waals surface area (Å²) in [5.41, 5.74) is 7.82. The molecule has 0 aromatic heterocycles. The second-order valence-corrected chi connectivity index (χ2v) is 6.11. The molecular formula is C17H26ClN3O3. The minimum Gasteiger partial charge on any atom is -0.484 e. The van der Waals surface area contributed by atoms with Gasteiger partial charge in [-0.05, 0) is 44.0 Å². The number of piperazine rings is 1. The van der Waals surface area contributed by atoms with Crippen molar-refractivity contribution in [3.05, 3.63) is 29.3 Å². The van der Waals surface area contributed by atoms with Gasteiger partial charge in [-0.25, -0.2) is 0 Å². The van der Waals surface area contributed by atoms with Crippen molar-refractivity contribution < 1.29 is 14.3 Å². The van der Waals surface area contributed by atoms with Crippen molar-refractivity contribution in [2.24, 2.45) is 5.73 Å². The zero-order valence-corrected chi connectivity index (χ0v) is 15.3. The summed E-state index contributed by atoms with van der Waals surface area (Å²) in [7, 11) is 0. The van der Waals surface area contributed by atoms with Gasteiger partial charge >= 0.3 is 0 Å². The molecule has 0 radical (unpaired) electrons. The van der Waals surface area contributed by atoms with Crippen molar-refractivity contribution in [2.75, 3.05) is 32.8 Å². The minimum absolute atomic E-state index is 0. The summed E-state index contributed by atoms with van der Waals surface area (Å²) in [4.78, 5) is 27.5. The van der Waals surface area contributed by atoms with Crippen LogP contribution >= 0.6 is 12.4 Å². The highest BCUT2D eigenvalue weighted by atomic mass is 35.5. The van der Waals surface area contributed by atoms with Crippen molar-refractivity contribution in [1.82, 2.24) is 9.80 Å². The summed E-state index contributed by atoms with van der Waals surface area (Å²) in [6, 6.07) is 5.40. The van der Waals surface area contributed by atoms with Crippen LogP contribution in [0.15, 0.2) is 18.2 Å². The average Bonchev–Trinajstić information content (AvgIpc) is 2.51. The Labute approximate surface area is 149 Å². The van der Waals surface area contributed by atoms with Crippen LogP contribution in [0.3, 0.4) is 0 Å². The van der Waals surface area contributed by atoms with E-state index in [9.17, 15) is 9.59 Å². The van der Waals surface area contributed by atoms with Crippen LogP contribution in [0.25, 0.3) is 0 Å². The molecule has 2 N–H and O–H groups in total. The SMILES string of the molecule is Cc1cc(C)cc(OCC(=O)N2CCN(C(=O)C(C)N)CC2)c1.Cl. The van der Waals surface area contributed by atoms with E-state index in [-0.39, 0.29) is 30.8 Å². The quantitative estimate of drug-likeness (QED) is 0.878. The number of nitrogens with two attached hydrogens (primary N) is 1. The van der Waals surface area contributed by atoms with E-state index in [1.807, 2.05) is 26.0 Å². The third-order valence-electron chi connectivity index (χ3n) is 3.89. The summed E-state index contributed by atoms with van der Waals surface area (Å²) in [6.07, 6.45) is 0. The van der Waals surface area contributed by atoms with Crippen LogP contribution < -0.4 is 10.5 Å². The van der Waals surface area contributed by atoms with Crippen LogP contribution in [0.2, 0.25) is 0 Å². The first-order valence-corrected chi connectivity index (χ1v) is 7.90. The van der Waals surface area contributed by atoms with Crippen molar-refractivity contribution in [2.45, 2.75) is 26.8 Å². The van der Waals surface area contributed by atoms with Crippen molar-refractivity contribution >= 4 is 24.2 Å². The number of rotatable bonds is 4. The van der Waals surface area contributed by atoms with Crippen LogP contribution in [0.4, 0.5) is 0 Å². The highest BCUT2D eigenvalue weighted by Gasteiger charge is 2.25. The molecule has 6 nitrogen and oxygen atoms in total. The van der Waals surface area contributed by atoms with Crippen LogP contribution in [-0.2, 0) is 9.59 Å². The largest absolute Gasteiger partial charge is 0.484 e. The van der Waals surface area contributed by atoms with E-state index in [0.717, 1.165) is 11.1 Å². The molecular weight excluding hydrogens is 330 g/mol. The Morgan fingerprint density at radius 1 is 1.08 bits per heavy atom. The Balaban J connectivity index is 0.00000288. The lowest BCUT2D eigenvalue weighted by Gasteiger charge is -2.35. The molecule has 1 atom stereocenters. The molecule has 1 unspecified atom stereocenters. The molecule has 24 heavy (non-hydrogen) atoms. The highest BCUT2D eigenvalue weighted by Crippen LogP contribution is 2.16. The fraction of sp³-hybridized carbons (Fsp3) is 0.529. The number of hydrogen-bond acceptors (Lipinski definition) is 4. The first-order valence-electron chi connectivity index (χ1n) is 7.90. The predicted octanol–water partition coefficient (Wildman–Crippen LogP) is 1.12. The zero-order chi connectivity index (χ0) is 17.0. The molecule has 0 spiro atoms. The maximum atomic E-state index is 12.2. The molecule has 0 bridgehead atoms. The maximum Gasteiger partial charge on any atom is 0.260 e. The van der Waals surface area contributed by atoms with Gasteiger partial charge < -0.3 is 20.3 Å². The van der Waals surface area contributed by atoms with Gasteiger partial charge in [-0.3, -0.25) is 9.59 Å². The Morgan fingerprint density at radius 3 is 2.08 bits per heavy atom. The van der Waals surface area contributed by atoms with Crippen molar-refractivity contribution in [3.8, 4) is 5.75 Å². The first-order chi connectivity index (χ1) is 10.9. The van der Waals surface area contributed by atoms with Crippen LogP contribution in [0.5, 0.6) is 5.75 Å². The van der Waals surface area contributed by atoms with Crippen molar-refractivity contribution in [3.63, 3.8) is 0 Å². The fourth-order valence-electron chi connectivity index (χ4n) is 2.72. The van der Waals surface area contributed by atoms with Gasteiger partial charge in [-0.2, -0.15) is 0 Å². The van der Waals surface area contributed by atoms with Crippen LogP contribution in [0.1, 0.15) is 18.1 Å². The summed E-state index contributed by atoms with van der Waals surface area (Å²) in [5, 5.41) is 0. The number of halogens is 1. The standard InChI is InChI=1S/C17H25N3O3.ClH/c1-12-8-13(2)10-15(9-12)23-11-16(21)19-4-6-20(7-5-19)17(22)14(3)18;/h8-10,14H,4-7,11,18H2,1-3H3;1H. The average molecular weight is 356 g/mol. The van der Waals surface area contributed by atoms with E-state index >= 15 is 0 Å². The molecule has 0 saturated carbocycles. The van der Waals surface area contributed by atoms with Gasteiger partial charge in [0.1, 0.15) is 5.75 Å². The van der Waals surface area contributed by atoms with Crippen LogP contribution in [-0.4, -0.2) is 60.4 Å². The lowest BCUT2D eigenvalue weighted by Crippen LogP contribution is -2.54. The molecule has 1 aliphatic heterocycles. The molecule has 2 amide bonds. The third-order valence-corrected chi connectivity index (χ3v) is 3.89. The van der Waals surface area contributed by atoms with Crippen molar-refractivity contribution in [1.29, 1.82) is 0 Å². The molecule has 1 heterocycles. The number of hydrogen-bond donors (Lipinski definition) is 1. The molecule has 1 aromatic carbocycles. The molecule has 1 saturated heterocycles. The molecule has 1 fully saturated rings. The Hall–Kier alpha value is -1.79. The summed E-state index contributed by atoms with van der Waals surface area (Å²) >= 11 is 0. The van der Waals surface area contributed by atoms with E-state index < -0.39 is 6.04 Å². The lowest BCUT2D eigenvalue weighted by molar-refractivity contribution is -0.141. The highest BCUT2D eigenvalue weighted by molar-refractivity contribution is 5.85. The molecule has 2 rings (SSSR count). The van der Waals surface area contributed by atoms with Gasteiger partial charge in [0.05, 0.1) is 6.04 Å². The van der Waals surface area contributed by atoms with E-state index in [4.69, 9.17) is 10.5 Å². The van der Waals surface area contributed by atoms with Gasteiger partial charge in [0.15, 0.2) is 6.61 Å². The minimum atomic E-state index is -0.495. The second kappa shape index (κ2) is 8.89. The number of carbonyl (C=O) groups excluding carboxylic acids is 2. The molecule has 0 aliphatic carbocycles. The Bertz CT molecular complexity index is 564. The number of carbonyl (C=O) groups is 2. The van der Waals surface area contributed by atoms with Gasteiger partial charge in [-0.15, -0.1) is 12.4 Å². The third kappa shape index (κ3) is 5.39. The van der Waals surface area contributed by atoms with Crippen LogP contribution in [0, 0.1) is 13.8 Å². The summed E-state index contributed by atoms with van der Waals surface area (Å²) in [6.45, 7) is 7.78. The molecule has 7 heteroatoms. The number of ether oxygens (including phenoxy) is 1. The summed E-state index contributed by atoms with van der Waals surface area (Å²) < 4.78 is 5.60.